The molecule has 6 heteroatoms. The van der Waals surface area contributed by atoms with E-state index in [0.29, 0.717) is 4.47 Å². The zero-order valence-electron chi connectivity index (χ0n) is 9.65. The first-order valence-corrected chi connectivity index (χ1v) is 6.13. The van der Waals surface area contributed by atoms with Crippen LogP contribution in [0.25, 0.3) is 0 Å². The van der Waals surface area contributed by atoms with Crippen molar-refractivity contribution in [2.75, 3.05) is 11.1 Å². The van der Waals surface area contributed by atoms with Gasteiger partial charge in [0, 0.05) is 4.47 Å². The van der Waals surface area contributed by atoms with E-state index in [2.05, 4.69) is 21.2 Å². The summed E-state index contributed by atoms with van der Waals surface area (Å²) in [5, 5.41) is 11.8. The van der Waals surface area contributed by atoms with E-state index in [0.717, 1.165) is 0 Å². The second-order valence-electron chi connectivity index (χ2n) is 3.80. The van der Waals surface area contributed by atoms with Crippen molar-refractivity contribution in [3.05, 3.63) is 52.3 Å². The fourth-order valence-corrected chi connectivity index (χ4v) is 2.07. The Hall–Kier alpha value is -2.08. The number of benzene rings is 2. The van der Waals surface area contributed by atoms with E-state index in [4.69, 9.17) is 10.8 Å². The number of hydrogen-bond donors (Lipinski definition) is 3. The number of rotatable bonds is 3. The summed E-state index contributed by atoms with van der Waals surface area (Å²) in [4.78, 5) is 11.1. The fraction of sp³-hybridized carbons (Fsp3) is 0. The molecule has 0 atom stereocenters. The first kappa shape index (κ1) is 13.4. The van der Waals surface area contributed by atoms with E-state index in [1.165, 1.54) is 24.3 Å². The summed E-state index contributed by atoms with van der Waals surface area (Å²) in [6, 6.07) is 8.92. The summed E-state index contributed by atoms with van der Waals surface area (Å²) >= 11 is 3.20. The molecule has 0 heterocycles. The minimum absolute atomic E-state index is 0.0184. The largest absolute Gasteiger partial charge is 0.478 e. The van der Waals surface area contributed by atoms with Crippen LogP contribution in [0.4, 0.5) is 21.5 Å². The number of aromatic carboxylic acids is 1. The second-order valence-corrected chi connectivity index (χ2v) is 4.65. The molecule has 19 heavy (non-hydrogen) atoms. The van der Waals surface area contributed by atoms with E-state index in [9.17, 15) is 9.18 Å². The van der Waals surface area contributed by atoms with Crippen LogP contribution in [0.1, 0.15) is 10.4 Å². The van der Waals surface area contributed by atoms with Crippen molar-refractivity contribution in [3.8, 4) is 0 Å². The van der Waals surface area contributed by atoms with Gasteiger partial charge < -0.3 is 16.2 Å². The lowest BCUT2D eigenvalue weighted by molar-refractivity contribution is 0.0698. The summed E-state index contributed by atoms with van der Waals surface area (Å²) in [7, 11) is 0. The predicted octanol–water partition coefficient (Wildman–Crippen LogP) is 3.61. The minimum Gasteiger partial charge on any atom is -0.478 e. The number of carboxylic acids is 1. The standard InChI is InChI=1S/C13H10BrFN2O2/c14-8-4-2-5-9(15)12(8)17-11-7(13(18)19)3-1-6-10(11)16/h1-6,17H,16H2,(H,18,19). The molecular weight excluding hydrogens is 315 g/mol. The second kappa shape index (κ2) is 5.27. The maximum Gasteiger partial charge on any atom is 0.337 e. The van der Waals surface area contributed by atoms with Gasteiger partial charge in [0.25, 0.3) is 0 Å². The molecule has 4 N–H and O–H groups in total. The van der Waals surface area contributed by atoms with Crippen LogP contribution in [0, 0.1) is 5.82 Å². The van der Waals surface area contributed by atoms with Crippen molar-refractivity contribution in [3.63, 3.8) is 0 Å². The number of carbonyl (C=O) groups is 1. The summed E-state index contributed by atoms with van der Waals surface area (Å²) in [6.45, 7) is 0. The van der Waals surface area contributed by atoms with Crippen molar-refractivity contribution < 1.29 is 14.3 Å². The van der Waals surface area contributed by atoms with Gasteiger partial charge in [-0.25, -0.2) is 9.18 Å². The Morgan fingerprint density at radius 1 is 1.21 bits per heavy atom. The fourth-order valence-electron chi connectivity index (χ4n) is 1.63. The molecule has 2 aromatic rings. The van der Waals surface area contributed by atoms with Gasteiger partial charge in [0.15, 0.2) is 0 Å². The topological polar surface area (TPSA) is 75.4 Å². The summed E-state index contributed by atoms with van der Waals surface area (Å²) in [5.41, 5.74) is 6.27. The molecule has 0 amide bonds. The first-order valence-electron chi connectivity index (χ1n) is 5.33. The zero-order valence-corrected chi connectivity index (χ0v) is 11.2. The highest BCUT2D eigenvalue weighted by Crippen LogP contribution is 2.32. The van der Waals surface area contributed by atoms with Crippen LogP contribution in [-0.4, -0.2) is 11.1 Å². The Kier molecular flexibility index (Phi) is 3.71. The van der Waals surface area contributed by atoms with Crippen molar-refractivity contribution in [1.29, 1.82) is 0 Å². The number of hydrogen-bond acceptors (Lipinski definition) is 3. The number of nitrogens with two attached hydrogens (primary N) is 1. The Morgan fingerprint density at radius 3 is 2.53 bits per heavy atom. The lowest BCUT2D eigenvalue weighted by Gasteiger charge is -2.14. The van der Waals surface area contributed by atoms with E-state index in [1.807, 2.05) is 0 Å². The molecular formula is C13H10BrFN2O2. The maximum atomic E-state index is 13.7. The monoisotopic (exact) mass is 324 g/mol. The van der Waals surface area contributed by atoms with Crippen molar-refractivity contribution in [1.82, 2.24) is 0 Å². The zero-order chi connectivity index (χ0) is 14.0. The molecule has 0 aromatic heterocycles. The first-order chi connectivity index (χ1) is 9.00. The van der Waals surface area contributed by atoms with Crippen LogP contribution >= 0.6 is 15.9 Å². The van der Waals surface area contributed by atoms with Gasteiger partial charge in [-0.05, 0) is 40.2 Å². The summed E-state index contributed by atoms with van der Waals surface area (Å²) in [6.07, 6.45) is 0. The highest BCUT2D eigenvalue weighted by molar-refractivity contribution is 9.10. The number of nitrogens with one attached hydrogen (secondary N) is 1. The lowest BCUT2D eigenvalue weighted by atomic mass is 10.1. The van der Waals surface area contributed by atoms with Gasteiger partial charge in [-0.3, -0.25) is 0 Å². The molecule has 0 spiro atoms. The van der Waals surface area contributed by atoms with Crippen LogP contribution in [0.3, 0.4) is 0 Å². The third kappa shape index (κ3) is 2.68. The molecule has 0 saturated carbocycles. The SMILES string of the molecule is Nc1cccc(C(=O)O)c1Nc1c(F)cccc1Br. The maximum absolute atomic E-state index is 13.7. The Labute approximate surface area is 117 Å². The van der Waals surface area contributed by atoms with Gasteiger partial charge in [0.05, 0.1) is 22.6 Å². The summed E-state index contributed by atoms with van der Waals surface area (Å²) < 4.78 is 14.2. The number of halogens is 2. The normalized spacial score (nSPS) is 10.2. The smallest absolute Gasteiger partial charge is 0.337 e. The van der Waals surface area contributed by atoms with E-state index < -0.39 is 11.8 Å². The van der Waals surface area contributed by atoms with E-state index >= 15 is 0 Å². The number of carboxylic acid groups (broad SMARTS) is 1. The number of nitrogen functional groups attached to an aromatic ring is 1. The Bertz CT molecular complexity index is 626. The molecule has 0 aliphatic carbocycles. The predicted molar refractivity (Wildman–Crippen MR) is 75.2 cm³/mol. The average molecular weight is 325 g/mol. The van der Waals surface area contributed by atoms with Gasteiger partial charge in [-0.2, -0.15) is 0 Å². The Balaban J connectivity index is 2.52. The molecule has 0 unspecified atom stereocenters. The van der Waals surface area contributed by atoms with Crippen molar-refractivity contribution in [2.24, 2.45) is 0 Å². The van der Waals surface area contributed by atoms with Crippen LogP contribution in [0.5, 0.6) is 0 Å². The molecule has 0 bridgehead atoms. The third-order valence-electron chi connectivity index (χ3n) is 2.54. The third-order valence-corrected chi connectivity index (χ3v) is 3.20. The average Bonchev–Trinajstić information content (AvgIpc) is 2.35. The lowest BCUT2D eigenvalue weighted by Crippen LogP contribution is -2.06. The number of anilines is 3. The molecule has 2 aromatic carbocycles. The van der Waals surface area contributed by atoms with Gasteiger partial charge in [-0.15, -0.1) is 0 Å². The molecule has 4 nitrogen and oxygen atoms in total. The quantitative estimate of drug-likeness (QED) is 0.754. The molecule has 0 aliphatic rings. The highest BCUT2D eigenvalue weighted by Gasteiger charge is 2.15. The number of para-hydroxylation sites is 2. The van der Waals surface area contributed by atoms with Crippen molar-refractivity contribution in [2.45, 2.75) is 0 Å². The van der Waals surface area contributed by atoms with Gasteiger partial charge >= 0.3 is 5.97 Å². The van der Waals surface area contributed by atoms with Crippen LogP contribution in [-0.2, 0) is 0 Å². The van der Waals surface area contributed by atoms with Crippen LogP contribution in [0.15, 0.2) is 40.9 Å². The van der Waals surface area contributed by atoms with Gasteiger partial charge in [0.2, 0.25) is 0 Å². The van der Waals surface area contributed by atoms with Gasteiger partial charge in [-0.1, -0.05) is 12.1 Å². The summed E-state index contributed by atoms with van der Waals surface area (Å²) in [5.74, 6) is -1.64. The minimum atomic E-state index is -1.14. The van der Waals surface area contributed by atoms with Gasteiger partial charge in [0.1, 0.15) is 5.82 Å². The van der Waals surface area contributed by atoms with E-state index in [-0.39, 0.29) is 22.6 Å². The molecule has 0 aliphatic heterocycles. The molecule has 0 radical (unpaired) electrons. The van der Waals surface area contributed by atoms with Crippen LogP contribution < -0.4 is 11.1 Å². The van der Waals surface area contributed by atoms with E-state index in [1.54, 1.807) is 12.1 Å². The molecule has 0 fully saturated rings. The van der Waals surface area contributed by atoms with Crippen molar-refractivity contribution >= 4 is 39.0 Å². The molecule has 2 rings (SSSR count). The highest BCUT2D eigenvalue weighted by atomic mass is 79.9. The Morgan fingerprint density at radius 2 is 1.89 bits per heavy atom. The molecule has 0 saturated heterocycles. The molecule has 98 valence electrons. The van der Waals surface area contributed by atoms with Crippen LogP contribution in [0.2, 0.25) is 0 Å².